The number of ether oxygens (including phenoxy) is 1. The monoisotopic (exact) mass is 156 g/mol. The SMILES string of the molecule is COCC(=O)C(=O)[O-].[K+]. The number of hydrogen-bond acceptors (Lipinski definition) is 4. The molecule has 0 spiro atoms. The Morgan fingerprint density at radius 2 is 2.00 bits per heavy atom. The fourth-order valence-corrected chi connectivity index (χ4v) is 0.190. The zero-order valence-corrected chi connectivity index (χ0v) is 8.46. The van der Waals surface area contributed by atoms with E-state index >= 15 is 0 Å². The minimum atomic E-state index is -1.70. The molecule has 0 saturated carbocycles. The van der Waals surface area contributed by atoms with E-state index < -0.39 is 18.4 Å². The Hall–Kier alpha value is 0.736. The number of hydrogen-bond donors (Lipinski definition) is 0. The van der Waals surface area contributed by atoms with Crippen molar-refractivity contribution in [3.63, 3.8) is 0 Å². The molecule has 0 amide bonds. The summed E-state index contributed by atoms with van der Waals surface area (Å²) >= 11 is 0. The largest absolute Gasteiger partial charge is 1.00 e. The van der Waals surface area contributed by atoms with Gasteiger partial charge in [0.1, 0.15) is 12.6 Å². The van der Waals surface area contributed by atoms with Crippen LogP contribution < -0.4 is 56.5 Å². The van der Waals surface area contributed by atoms with Gasteiger partial charge in [0.25, 0.3) is 0 Å². The van der Waals surface area contributed by atoms with Crippen LogP contribution in [-0.2, 0) is 14.3 Å². The second-order valence-electron chi connectivity index (χ2n) is 1.14. The van der Waals surface area contributed by atoms with E-state index in [1.165, 1.54) is 7.11 Å². The molecule has 4 nitrogen and oxygen atoms in total. The van der Waals surface area contributed by atoms with Crippen molar-refractivity contribution < 1.29 is 70.8 Å². The number of rotatable bonds is 3. The summed E-state index contributed by atoms with van der Waals surface area (Å²) in [6.45, 7) is -0.414. The minimum Gasteiger partial charge on any atom is -0.542 e. The molecule has 0 atom stereocenters. The molecule has 0 radical (unpaired) electrons. The number of carbonyl (C=O) groups excluding carboxylic acids is 2. The zero-order valence-electron chi connectivity index (χ0n) is 5.34. The summed E-state index contributed by atoms with van der Waals surface area (Å²) in [4.78, 5) is 19.5. The van der Waals surface area contributed by atoms with Gasteiger partial charge in [0.2, 0.25) is 5.78 Å². The summed E-state index contributed by atoms with van der Waals surface area (Å²) < 4.78 is 4.19. The van der Waals surface area contributed by atoms with Gasteiger partial charge in [0.05, 0.1) is 0 Å². The van der Waals surface area contributed by atoms with Gasteiger partial charge in [-0.1, -0.05) is 0 Å². The Labute approximate surface area is 95.0 Å². The van der Waals surface area contributed by atoms with E-state index in [4.69, 9.17) is 0 Å². The average Bonchev–Trinajstić information content (AvgIpc) is 1.67. The molecule has 0 heterocycles. The van der Waals surface area contributed by atoms with Crippen molar-refractivity contribution in [2.75, 3.05) is 13.7 Å². The van der Waals surface area contributed by atoms with Crippen LogP contribution in [0.1, 0.15) is 0 Å². The van der Waals surface area contributed by atoms with Gasteiger partial charge in [-0.05, 0) is 0 Å². The van der Waals surface area contributed by atoms with E-state index in [1.807, 2.05) is 0 Å². The maximum absolute atomic E-state index is 9.96. The molecule has 5 heteroatoms. The summed E-state index contributed by atoms with van der Waals surface area (Å²) in [5.74, 6) is -2.74. The van der Waals surface area contributed by atoms with Gasteiger partial charge >= 0.3 is 51.4 Å². The van der Waals surface area contributed by atoms with E-state index in [0.717, 1.165) is 0 Å². The van der Waals surface area contributed by atoms with E-state index in [9.17, 15) is 14.7 Å². The van der Waals surface area contributed by atoms with Gasteiger partial charge < -0.3 is 14.6 Å². The number of aliphatic carboxylic acids is 1. The molecule has 46 valence electrons. The van der Waals surface area contributed by atoms with Crippen LogP contribution in [0.25, 0.3) is 0 Å². The van der Waals surface area contributed by atoms with Gasteiger partial charge in [-0.2, -0.15) is 0 Å². The van der Waals surface area contributed by atoms with Crippen molar-refractivity contribution in [3.05, 3.63) is 0 Å². The van der Waals surface area contributed by atoms with Crippen LogP contribution >= 0.6 is 0 Å². The Kier molecular flexibility index (Phi) is 9.45. The molecule has 0 fully saturated rings. The molecule has 0 rings (SSSR count). The number of carboxylic acids is 1. The number of methoxy groups -OCH3 is 1. The molecule has 0 aliphatic rings. The Balaban J connectivity index is 0. The average molecular weight is 156 g/mol. The number of carboxylic acid groups (broad SMARTS) is 1. The maximum atomic E-state index is 9.96. The summed E-state index contributed by atoms with van der Waals surface area (Å²) in [6.07, 6.45) is 0. The normalized spacial score (nSPS) is 7.67. The van der Waals surface area contributed by atoms with Crippen molar-refractivity contribution in [2.24, 2.45) is 0 Å². The molecule has 0 saturated heterocycles. The van der Waals surface area contributed by atoms with Crippen LogP contribution in [0.5, 0.6) is 0 Å². The van der Waals surface area contributed by atoms with Crippen molar-refractivity contribution in [3.8, 4) is 0 Å². The van der Waals surface area contributed by atoms with E-state index in [-0.39, 0.29) is 51.4 Å². The van der Waals surface area contributed by atoms with Crippen LogP contribution in [-0.4, -0.2) is 25.5 Å². The summed E-state index contributed by atoms with van der Waals surface area (Å²) in [5.41, 5.74) is 0. The first-order chi connectivity index (χ1) is 3.68. The smallest absolute Gasteiger partial charge is 0.542 e. The van der Waals surface area contributed by atoms with Crippen LogP contribution in [0, 0.1) is 0 Å². The van der Waals surface area contributed by atoms with Crippen molar-refractivity contribution in [1.29, 1.82) is 0 Å². The molecule has 0 unspecified atom stereocenters. The third kappa shape index (κ3) is 6.62. The molecule has 0 aliphatic heterocycles. The first-order valence-corrected chi connectivity index (χ1v) is 1.91. The number of carbonyl (C=O) groups is 2. The van der Waals surface area contributed by atoms with Crippen LogP contribution in [0.2, 0.25) is 0 Å². The quantitative estimate of drug-likeness (QED) is 0.303. The molecule has 9 heavy (non-hydrogen) atoms. The predicted octanol–water partition coefficient (Wildman–Crippen LogP) is -5.04. The molecular formula is C4H5KO4. The van der Waals surface area contributed by atoms with Crippen LogP contribution in [0.15, 0.2) is 0 Å². The second-order valence-corrected chi connectivity index (χ2v) is 1.14. The van der Waals surface area contributed by atoms with Gasteiger partial charge in [-0.15, -0.1) is 0 Å². The van der Waals surface area contributed by atoms with Crippen LogP contribution in [0.4, 0.5) is 0 Å². The first-order valence-electron chi connectivity index (χ1n) is 1.91. The summed E-state index contributed by atoms with van der Waals surface area (Å²) in [5, 5.41) is 9.55. The standard InChI is InChI=1S/C4H6O4.K/c1-8-2-3(5)4(6)7;/h2H2,1H3,(H,6,7);/q;+1/p-1. The second kappa shape index (κ2) is 6.85. The molecule has 0 aromatic carbocycles. The summed E-state index contributed by atoms with van der Waals surface area (Å²) in [6, 6.07) is 0. The molecule has 0 aromatic heterocycles. The fraction of sp³-hybridized carbons (Fsp3) is 0.500. The zero-order chi connectivity index (χ0) is 6.57. The van der Waals surface area contributed by atoms with Gasteiger partial charge in [0.15, 0.2) is 0 Å². The Bertz CT molecular complexity index is 111. The third-order valence-electron chi connectivity index (χ3n) is 0.503. The van der Waals surface area contributed by atoms with Gasteiger partial charge in [0, 0.05) is 7.11 Å². The first kappa shape index (κ1) is 12.4. The fourth-order valence-electron chi connectivity index (χ4n) is 0.190. The predicted molar refractivity (Wildman–Crippen MR) is 21.9 cm³/mol. The number of Topliss-reactive ketones (excluding diaryl/α,β-unsaturated/α-hetero) is 1. The Morgan fingerprint density at radius 3 is 2.11 bits per heavy atom. The Morgan fingerprint density at radius 1 is 1.56 bits per heavy atom. The van der Waals surface area contributed by atoms with Crippen molar-refractivity contribution in [2.45, 2.75) is 0 Å². The van der Waals surface area contributed by atoms with E-state index in [1.54, 1.807) is 0 Å². The third-order valence-corrected chi connectivity index (χ3v) is 0.503. The molecular weight excluding hydrogens is 151 g/mol. The maximum Gasteiger partial charge on any atom is 1.00 e. The van der Waals surface area contributed by atoms with Gasteiger partial charge in [-0.3, -0.25) is 4.79 Å². The summed E-state index contributed by atoms with van der Waals surface area (Å²) in [7, 11) is 1.24. The van der Waals surface area contributed by atoms with Gasteiger partial charge in [-0.25, -0.2) is 0 Å². The molecule has 0 aromatic rings. The van der Waals surface area contributed by atoms with Crippen molar-refractivity contribution in [1.82, 2.24) is 0 Å². The topological polar surface area (TPSA) is 66.4 Å². The van der Waals surface area contributed by atoms with E-state index in [0.29, 0.717) is 0 Å². The molecule has 0 aliphatic carbocycles. The number of ketones is 1. The minimum absolute atomic E-state index is 0. The molecule has 0 N–H and O–H groups in total. The van der Waals surface area contributed by atoms with Crippen molar-refractivity contribution >= 4 is 11.8 Å². The van der Waals surface area contributed by atoms with E-state index in [2.05, 4.69) is 4.74 Å². The van der Waals surface area contributed by atoms with Crippen LogP contribution in [0.3, 0.4) is 0 Å². The molecule has 0 bridgehead atoms.